The van der Waals surface area contributed by atoms with Crippen LogP contribution < -0.4 is 14.8 Å². The third kappa shape index (κ3) is 2.92. The number of carbonyl (C=O) groups excluding carboxylic acids is 1. The first-order chi connectivity index (χ1) is 14.6. The lowest BCUT2D eigenvalue weighted by Crippen LogP contribution is -2.29. The Morgan fingerprint density at radius 3 is 2.70 bits per heavy atom. The second kappa shape index (κ2) is 7.32. The van der Waals surface area contributed by atoms with Gasteiger partial charge in [0.2, 0.25) is 5.88 Å². The van der Waals surface area contributed by atoms with Crippen LogP contribution in [-0.2, 0) is 4.79 Å². The predicted octanol–water partition coefficient (Wildman–Crippen LogP) is 5.02. The molecule has 1 aromatic carbocycles. The van der Waals surface area contributed by atoms with Crippen LogP contribution in [0.1, 0.15) is 47.1 Å². The number of ketones is 1. The molecular formula is C23H22N2O4S. The molecule has 0 bridgehead atoms. The average molecular weight is 423 g/mol. The molecule has 154 valence electrons. The van der Waals surface area contributed by atoms with Gasteiger partial charge in [0, 0.05) is 23.6 Å². The van der Waals surface area contributed by atoms with Gasteiger partial charge in [0.15, 0.2) is 17.3 Å². The van der Waals surface area contributed by atoms with E-state index in [0.29, 0.717) is 23.8 Å². The molecule has 2 aliphatic rings. The van der Waals surface area contributed by atoms with Gasteiger partial charge in [0.25, 0.3) is 0 Å². The highest BCUT2D eigenvalue weighted by Crippen LogP contribution is 2.49. The Labute approximate surface area is 178 Å². The van der Waals surface area contributed by atoms with Crippen molar-refractivity contribution >= 4 is 23.0 Å². The molecule has 30 heavy (non-hydrogen) atoms. The average Bonchev–Trinajstić information content (AvgIpc) is 3.42. The molecule has 0 radical (unpaired) electrons. The number of anilines is 1. The van der Waals surface area contributed by atoms with Crippen molar-refractivity contribution in [2.45, 2.75) is 31.6 Å². The minimum Gasteiger partial charge on any atom is -0.493 e. The summed E-state index contributed by atoms with van der Waals surface area (Å²) in [6.07, 6.45) is 1.17. The molecule has 3 heterocycles. The number of rotatable bonds is 4. The number of benzene rings is 1. The van der Waals surface area contributed by atoms with Crippen LogP contribution in [0, 0.1) is 6.92 Å². The highest BCUT2D eigenvalue weighted by Gasteiger charge is 2.41. The van der Waals surface area contributed by atoms with E-state index in [-0.39, 0.29) is 17.6 Å². The topological polar surface area (TPSA) is 73.6 Å². The van der Waals surface area contributed by atoms with Crippen molar-refractivity contribution in [3.8, 4) is 11.5 Å². The number of hydrogen-bond acceptors (Lipinski definition) is 7. The van der Waals surface area contributed by atoms with E-state index in [2.05, 4.69) is 21.9 Å². The number of carbonyl (C=O) groups is 1. The molecule has 0 saturated carbocycles. The van der Waals surface area contributed by atoms with E-state index >= 15 is 0 Å². The number of thiophene rings is 1. The lowest BCUT2D eigenvalue weighted by molar-refractivity contribution is -0.116. The molecule has 0 saturated heterocycles. The van der Waals surface area contributed by atoms with Gasteiger partial charge in [-0.3, -0.25) is 4.79 Å². The van der Waals surface area contributed by atoms with Gasteiger partial charge in [0.05, 0.1) is 25.5 Å². The highest BCUT2D eigenvalue weighted by molar-refractivity contribution is 7.08. The zero-order chi connectivity index (χ0) is 20.8. The lowest BCUT2D eigenvalue weighted by Gasteiger charge is -2.34. The van der Waals surface area contributed by atoms with Crippen LogP contribution in [0.25, 0.3) is 0 Å². The summed E-state index contributed by atoms with van der Waals surface area (Å²) >= 11 is 1.63. The van der Waals surface area contributed by atoms with E-state index < -0.39 is 0 Å². The lowest BCUT2D eigenvalue weighted by atomic mass is 9.73. The molecule has 2 aromatic heterocycles. The maximum atomic E-state index is 13.4. The van der Waals surface area contributed by atoms with Gasteiger partial charge in [-0.25, -0.2) is 0 Å². The summed E-state index contributed by atoms with van der Waals surface area (Å²) in [5.74, 6) is 2.07. The highest BCUT2D eigenvalue weighted by atomic mass is 32.1. The van der Waals surface area contributed by atoms with Crippen molar-refractivity contribution in [3.05, 3.63) is 68.7 Å². The third-order valence-electron chi connectivity index (χ3n) is 6.01. The van der Waals surface area contributed by atoms with Crippen LogP contribution in [0.5, 0.6) is 11.5 Å². The van der Waals surface area contributed by atoms with Crippen molar-refractivity contribution in [1.82, 2.24) is 5.16 Å². The maximum Gasteiger partial charge on any atom is 0.233 e. The van der Waals surface area contributed by atoms with E-state index in [1.165, 1.54) is 0 Å². The van der Waals surface area contributed by atoms with Crippen molar-refractivity contribution in [2.24, 2.45) is 0 Å². The van der Waals surface area contributed by atoms with E-state index in [1.54, 1.807) is 25.6 Å². The summed E-state index contributed by atoms with van der Waals surface area (Å²) in [7, 11) is 3.24. The number of allylic oxidation sites excluding steroid dienone is 2. The molecule has 5 rings (SSSR count). The van der Waals surface area contributed by atoms with Gasteiger partial charge in [0.1, 0.15) is 0 Å². The Hall–Kier alpha value is -3.06. The SMILES string of the molecule is COc1ccc([C@@H]2CC(=O)C3=C(C2)Nc2onc(C)c2[C@@H]3c2ccsc2)cc1OC. The summed E-state index contributed by atoms with van der Waals surface area (Å²) < 4.78 is 16.4. The van der Waals surface area contributed by atoms with Gasteiger partial charge in [-0.05, 0) is 59.3 Å². The monoisotopic (exact) mass is 422 g/mol. The van der Waals surface area contributed by atoms with Gasteiger partial charge >= 0.3 is 0 Å². The number of aryl methyl sites for hydroxylation is 1. The Bertz CT molecular complexity index is 1150. The van der Waals surface area contributed by atoms with Crippen molar-refractivity contribution < 1.29 is 18.8 Å². The van der Waals surface area contributed by atoms with Crippen LogP contribution in [0.15, 0.2) is 50.8 Å². The molecule has 0 amide bonds. The van der Waals surface area contributed by atoms with E-state index in [0.717, 1.165) is 40.1 Å². The maximum absolute atomic E-state index is 13.4. The first-order valence-corrected chi connectivity index (χ1v) is 10.8. The van der Waals surface area contributed by atoms with Gasteiger partial charge in [-0.15, -0.1) is 0 Å². The number of hydrogen-bond donors (Lipinski definition) is 1. The number of Topliss-reactive ketones (excluding diaryl/α,β-unsaturated/α-hetero) is 1. The first-order valence-electron chi connectivity index (χ1n) is 9.84. The van der Waals surface area contributed by atoms with Gasteiger partial charge in [-0.1, -0.05) is 11.2 Å². The number of nitrogens with one attached hydrogen (secondary N) is 1. The molecule has 2 atom stereocenters. The number of methoxy groups -OCH3 is 2. The normalized spacial score (nSPS) is 20.4. The smallest absolute Gasteiger partial charge is 0.233 e. The summed E-state index contributed by atoms with van der Waals surface area (Å²) in [5, 5.41) is 11.7. The van der Waals surface area contributed by atoms with Crippen LogP contribution >= 0.6 is 11.3 Å². The first kappa shape index (κ1) is 18.9. The zero-order valence-electron chi connectivity index (χ0n) is 17.0. The molecule has 0 fully saturated rings. The summed E-state index contributed by atoms with van der Waals surface area (Å²) in [4.78, 5) is 13.4. The fourth-order valence-corrected chi connectivity index (χ4v) is 5.27. The minimum absolute atomic E-state index is 0.0530. The second-order valence-corrected chi connectivity index (χ2v) is 8.44. The molecule has 3 aromatic rings. The molecule has 7 heteroatoms. The molecule has 1 N–H and O–H groups in total. The van der Waals surface area contributed by atoms with Crippen molar-refractivity contribution in [1.29, 1.82) is 0 Å². The minimum atomic E-state index is -0.132. The van der Waals surface area contributed by atoms with Gasteiger partial charge in [-0.2, -0.15) is 11.3 Å². The van der Waals surface area contributed by atoms with Gasteiger partial charge < -0.3 is 19.3 Å². The standard InChI is InChI=1S/C23H22N2O4S/c1-12-20-21(14-6-7-30-11-14)22-16(24-23(20)29-25-12)8-15(9-17(22)26)13-4-5-18(27-2)19(10-13)28-3/h4-7,10-11,15,21,24H,8-9H2,1-3H3/t15-,21-/m0/s1. The molecule has 1 aliphatic heterocycles. The molecule has 0 unspecified atom stereocenters. The number of ether oxygens (including phenoxy) is 2. The van der Waals surface area contributed by atoms with Crippen LogP contribution in [0.3, 0.4) is 0 Å². The largest absolute Gasteiger partial charge is 0.493 e. The van der Waals surface area contributed by atoms with Crippen LogP contribution in [0.4, 0.5) is 5.88 Å². The van der Waals surface area contributed by atoms with E-state index in [9.17, 15) is 4.79 Å². The zero-order valence-corrected chi connectivity index (χ0v) is 17.8. The predicted molar refractivity (Wildman–Crippen MR) is 115 cm³/mol. The molecule has 0 spiro atoms. The summed E-state index contributed by atoms with van der Waals surface area (Å²) in [6, 6.07) is 7.94. The number of fused-ring (bicyclic) bond motifs is 1. The van der Waals surface area contributed by atoms with Crippen LogP contribution in [-0.4, -0.2) is 25.2 Å². The fraction of sp³-hybridized carbons (Fsp3) is 0.304. The quantitative estimate of drug-likeness (QED) is 0.636. The Kier molecular flexibility index (Phi) is 4.62. The molecular weight excluding hydrogens is 400 g/mol. The molecule has 1 aliphatic carbocycles. The Morgan fingerprint density at radius 1 is 1.13 bits per heavy atom. The number of aromatic nitrogens is 1. The fourth-order valence-electron chi connectivity index (χ4n) is 4.59. The van der Waals surface area contributed by atoms with Crippen molar-refractivity contribution in [3.63, 3.8) is 0 Å². The molecule has 6 nitrogen and oxygen atoms in total. The van der Waals surface area contributed by atoms with Crippen LogP contribution in [0.2, 0.25) is 0 Å². The summed E-state index contributed by atoms with van der Waals surface area (Å²) in [6.45, 7) is 1.93. The Morgan fingerprint density at radius 2 is 1.97 bits per heavy atom. The third-order valence-corrected chi connectivity index (χ3v) is 6.71. The number of nitrogens with zero attached hydrogens (tertiary/aromatic N) is 1. The second-order valence-electron chi connectivity index (χ2n) is 7.66. The van der Waals surface area contributed by atoms with E-state index in [1.807, 2.05) is 30.5 Å². The Balaban J connectivity index is 1.56. The summed E-state index contributed by atoms with van der Waals surface area (Å²) in [5.41, 5.74) is 5.70. The van der Waals surface area contributed by atoms with Crippen molar-refractivity contribution in [2.75, 3.05) is 19.5 Å². The van der Waals surface area contributed by atoms with E-state index in [4.69, 9.17) is 14.0 Å².